The summed E-state index contributed by atoms with van der Waals surface area (Å²) in [7, 11) is 0. The second-order valence-electron chi connectivity index (χ2n) is 19.7. The van der Waals surface area contributed by atoms with Crippen LogP contribution in [-0.4, -0.2) is 46.9 Å². The van der Waals surface area contributed by atoms with Crippen molar-refractivity contribution in [2.45, 2.75) is 315 Å². The number of rotatable bonds is 52. The van der Waals surface area contributed by atoms with Crippen molar-refractivity contribution in [1.82, 2.24) is 5.32 Å². The number of ether oxygens (including phenoxy) is 1. The maximum Gasteiger partial charge on any atom is 0.306 e. The Kier molecular flexibility index (Phi) is 52.0. The van der Waals surface area contributed by atoms with Crippen molar-refractivity contribution in [2.24, 2.45) is 0 Å². The van der Waals surface area contributed by atoms with Crippen LogP contribution in [0, 0.1) is 0 Å². The van der Waals surface area contributed by atoms with Crippen molar-refractivity contribution in [3.63, 3.8) is 0 Å². The second kappa shape index (κ2) is 53.8. The van der Waals surface area contributed by atoms with Gasteiger partial charge in [0.2, 0.25) is 5.91 Å². The van der Waals surface area contributed by atoms with Gasteiger partial charge in [-0.15, -0.1) is 0 Å². The van der Waals surface area contributed by atoms with Crippen LogP contribution in [0.15, 0.2) is 48.6 Å². The van der Waals surface area contributed by atoms with Crippen molar-refractivity contribution in [2.75, 3.05) is 6.61 Å². The van der Waals surface area contributed by atoms with Gasteiger partial charge < -0.3 is 20.3 Å². The van der Waals surface area contributed by atoms with E-state index in [4.69, 9.17) is 4.74 Å². The van der Waals surface area contributed by atoms with Crippen LogP contribution in [-0.2, 0) is 14.3 Å². The fraction of sp³-hybridized carbons (Fsp3) is 0.833. The van der Waals surface area contributed by atoms with Crippen LogP contribution in [0.1, 0.15) is 297 Å². The second-order valence-corrected chi connectivity index (χ2v) is 19.7. The molecular formula is C60H111NO5. The number of carbonyl (C=O) groups is 2. The molecule has 386 valence electrons. The molecule has 0 aromatic carbocycles. The first-order chi connectivity index (χ1) is 32.5. The van der Waals surface area contributed by atoms with Gasteiger partial charge in [-0.2, -0.15) is 0 Å². The fourth-order valence-corrected chi connectivity index (χ4v) is 8.81. The van der Waals surface area contributed by atoms with E-state index >= 15 is 0 Å². The highest BCUT2D eigenvalue weighted by molar-refractivity contribution is 5.77. The molecule has 3 N–H and O–H groups in total. The zero-order chi connectivity index (χ0) is 48.1. The maximum atomic E-state index is 13.3. The quantitative estimate of drug-likeness (QED) is 0.0244. The minimum Gasteiger partial charge on any atom is -0.462 e. The summed E-state index contributed by atoms with van der Waals surface area (Å²) in [5, 5.41) is 23.9. The van der Waals surface area contributed by atoms with Crippen molar-refractivity contribution < 1.29 is 24.5 Å². The molecule has 3 atom stereocenters. The summed E-state index contributed by atoms with van der Waals surface area (Å²) >= 11 is 0. The predicted molar refractivity (Wildman–Crippen MR) is 287 cm³/mol. The maximum absolute atomic E-state index is 13.3. The van der Waals surface area contributed by atoms with Crippen LogP contribution in [0.2, 0.25) is 0 Å². The first-order valence-corrected chi connectivity index (χ1v) is 28.9. The number of unbranched alkanes of at least 4 members (excludes halogenated alkanes) is 33. The molecule has 6 heteroatoms. The van der Waals surface area contributed by atoms with Crippen molar-refractivity contribution in [3.8, 4) is 0 Å². The number of aliphatic hydroxyl groups is 2. The lowest BCUT2D eigenvalue weighted by atomic mass is 10.0. The van der Waals surface area contributed by atoms with E-state index in [1.165, 1.54) is 161 Å². The highest BCUT2D eigenvalue weighted by atomic mass is 16.5. The van der Waals surface area contributed by atoms with Crippen LogP contribution in [0.5, 0.6) is 0 Å². The molecule has 0 rings (SSSR count). The van der Waals surface area contributed by atoms with Gasteiger partial charge in [0, 0.05) is 6.42 Å². The van der Waals surface area contributed by atoms with E-state index in [1.807, 2.05) is 0 Å². The van der Waals surface area contributed by atoms with Gasteiger partial charge in [-0.1, -0.05) is 256 Å². The molecule has 0 aliphatic carbocycles. The molecule has 0 saturated heterocycles. The number of carbonyl (C=O) groups excluding carboxylic acids is 2. The van der Waals surface area contributed by atoms with E-state index in [9.17, 15) is 19.8 Å². The molecule has 0 aromatic heterocycles. The molecule has 0 bridgehead atoms. The van der Waals surface area contributed by atoms with Crippen LogP contribution in [0.4, 0.5) is 0 Å². The summed E-state index contributed by atoms with van der Waals surface area (Å²) in [6.45, 7) is 6.39. The first kappa shape index (κ1) is 63.8. The highest BCUT2D eigenvalue weighted by Crippen LogP contribution is 2.18. The van der Waals surface area contributed by atoms with Crippen molar-refractivity contribution >= 4 is 11.9 Å². The van der Waals surface area contributed by atoms with Crippen molar-refractivity contribution in [3.05, 3.63) is 48.6 Å². The van der Waals surface area contributed by atoms with Gasteiger partial charge in [0.05, 0.1) is 25.2 Å². The number of nitrogens with one attached hydrogen (secondary N) is 1. The summed E-state index contributed by atoms with van der Waals surface area (Å²) in [4.78, 5) is 26.2. The lowest BCUT2D eigenvalue weighted by Crippen LogP contribution is -2.46. The highest BCUT2D eigenvalue weighted by Gasteiger charge is 2.24. The number of hydrogen-bond donors (Lipinski definition) is 3. The summed E-state index contributed by atoms with van der Waals surface area (Å²) in [5.41, 5.74) is 0. The largest absolute Gasteiger partial charge is 0.462 e. The average molecular weight is 927 g/mol. The van der Waals surface area contributed by atoms with E-state index in [-0.39, 0.29) is 24.9 Å². The third-order valence-corrected chi connectivity index (χ3v) is 13.2. The number of allylic oxidation sites excluding steroid dienone is 8. The smallest absolute Gasteiger partial charge is 0.306 e. The normalized spacial score (nSPS) is 13.5. The molecule has 6 nitrogen and oxygen atoms in total. The minimum atomic E-state index is -0.795. The third kappa shape index (κ3) is 48.3. The van der Waals surface area contributed by atoms with E-state index in [0.29, 0.717) is 19.3 Å². The molecule has 0 heterocycles. The van der Waals surface area contributed by atoms with Gasteiger partial charge in [0.25, 0.3) is 0 Å². The lowest BCUT2D eigenvalue weighted by Gasteiger charge is -2.24. The number of aliphatic hydroxyl groups excluding tert-OH is 2. The Labute approximate surface area is 410 Å². The Bertz CT molecular complexity index is 1130. The lowest BCUT2D eigenvalue weighted by molar-refractivity contribution is -0.151. The minimum absolute atomic E-state index is 0.0627. The van der Waals surface area contributed by atoms with Crippen LogP contribution in [0.25, 0.3) is 0 Å². The van der Waals surface area contributed by atoms with Crippen LogP contribution < -0.4 is 5.32 Å². The van der Waals surface area contributed by atoms with Gasteiger partial charge >= 0.3 is 5.97 Å². The topological polar surface area (TPSA) is 95.9 Å². The fourth-order valence-electron chi connectivity index (χ4n) is 8.81. The Morgan fingerprint density at radius 3 is 1.32 bits per heavy atom. The summed E-state index contributed by atoms with van der Waals surface area (Å²) in [6, 6.07) is -0.710. The number of hydrogen-bond acceptors (Lipinski definition) is 5. The van der Waals surface area contributed by atoms with E-state index < -0.39 is 18.2 Å². The summed E-state index contributed by atoms with van der Waals surface area (Å²) < 4.78 is 5.94. The Balaban J connectivity index is 4.50. The Morgan fingerprint density at radius 2 is 0.864 bits per heavy atom. The third-order valence-electron chi connectivity index (χ3n) is 13.2. The summed E-state index contributed by atoms with van der Waals surface area (Å²) in [5.74, 6) is -0.497. The SMILES string of the molecule is CC/C=C/C/C=C/CCCCCCCC(CC(=O)NC(CO)C(O)CCCCCCCCCCCCCCCCCCC)OC(=O)CCCCCCC/C=C/C=C/CCCCCCCCC. The molecule has 1 amide bonds. The number of amides is 1. The molecule has 0 fully saturated rings. The molecule has 66 heavy (non-hydrogen) atoms. The molecular weight excluding hydrogens is 815 g/mol. The molecule has 0 aromatic rings. The Hall–Kier alpha value is -2.18. The van der Waals surface area contributed by atoms with Crippen LogP contribution in [0.3, 0.4) is 0 Å². The van der Waals surface area contributed by atoms with Gasteiger partial charge in [0.15, 0.2) is 0 Å². The standard InChI is InChI=1S/C60H111NO5/c1-4-7-10-13-16-19-22-25-27-29-31-33-35-38-41-44-47-50-53-60(65)66-56(51-48-45-42-39-36-24-21-18-15-12-9-6-3)54-59(64)61-57(55-62)58(63)52-49-46-43-40-37-34-32-30-28-26-23-20-17-14-11-8-5-2/h9,12,18,21,27,29,31,33,56-58,62-63H,4-8,10-11,13-17,19-20,22-26,28,30,32,34-55H2,1-3H3,(H,61,64)/b12-9+,21-18+,29-27+,33-31+. The Morgan fingerprint density at radius 1 is 0.470 bits per heavy atom. The predicted octanol–water partition coefficient (Wildman–Crippen LogP) is 17.8. The molecule has 0 aliphatic heterocycles. The molecule has 0 spiro atoms. The van der Waals surface area contributed by atoms with E-state index in [2.05, 4.69) is 74.7 Å². The zero-order valence-electron chi connectivity index (χ0n) is 44.1. The molecule has 3 unspecified atom stereocenters. The van der Waals surface area contributed by atoms with Gasteiger partial charge in [0.1, 0.15) is 6.10 Å². The molecule has 0 aliphatic rings. The van der Waals surface area contributed by atoms with Gasteiger partial charge in [-0.25, -0.2) is 0 Å². The zero-order valence-corrected chi connectivity index (χ0v) is 44.1. The van der Waals surface area contributed by atoms with Gasteiger partial charge in [-0.3, -0.25) is 9.59 Å². The van der Waals surface area contributed by atoms with E-state index in [0.717, 1.165) is 89.9 Å². The number of esters is 1. The monoisotopic (exact) mass is 926 g/mol. The van der Waals surface area contributed by atoms with E-state index in [1.54, 1.807) is 0 Å². The molecule has 0 radical (unpaired) electrons. The van der Waals surface area contributed by atoms with Gasteiger partial charge in [-0.05, 0) is 77.0 Å². The summed E-state index contributed by atoms with van der Waals surface area (Å²) in [6.07, 6.45) is 66.1. The van der Waals surface area contributed by atoms with Crippen molar-refractivity contribution in [1.29, 1.82) is 0 Å². The average Bonchev–Trinajstić information content (AvgIpc) is 3.31. The van der Waals surface area contributed by atoms with Crippen LogP contribution >= 0.6 is 0 Å². The molecule has 0 saturated carbocycles. The first-order valence-electron chi connectivity index (χ1n) is 28.9.